The SMILES string of the molecule is CC(=O)N1CCC1C(=O)N1CCC2(CC1)C[C@H](CCN1CCN(c3ccc(F)cc3)CC1)OC2=O. The summed E-state index contributed by atoms with van der Waals surface area (Å²) in [6.07, 6.45) is 3.48. The summed E-state index contributed by atoms with van der Waals surface area (Å²) in [6, 6.07) is 6.33. The van der Waals surface area contributed by atoms with Gasteiger partial charge in [0.2, 0.25) is 11.8 Å². The van der Waals surface area contributed by atoms with Crippen molar-refractivity contribution in [3.05, 3.63) is 30.1 Å². The van der Waals surface area contributed by atoms with E-state index in [-0.39, 0.29) is 35.7 Å². The summed E-state index contributed by atoms with van der Waals surface area (Å²) >= 11 is 0. The number of carbonyl (C=O) groups excluding carboxylic acids is 3. The van der Waals surface area contributed by atoms with Gasteiger partial charge in [0.05, 0.1) is 5.41 Å². The second kappa shape index (κ2) is 9.76. The summed E-state index contributed by atoms with van der Waals surface area (Å²) in [5, 5.41) is 0. The molecule has 35 heavy (non-hydrogen) atoms. The minimum Gasteiger partial charge on any atom is -0.462 e. The van der Waals surface area contributed by atoms with Crippen LogP contribution in [0.25, 0.3) is 0 Å². The van der Waals surface area contributed by atoms with Gasteiger partial charge >= 0.3 is 5.97 Å². The van der Waals surface area contributed by atoms with E-state index in [2.05, 4.69) is 9.80 Å². The molecule has 0 radical (unpaired) electrons. The molecule has 1 aromatic carbocycles. The summed E-state index contributed by atoms with van der Waals surface area (Å²) in [6.45, 7) is 7.79. The van der Waals surface area contributed by atoms with Crippen molar-refractivity contribution in [3.63, 3.8) is 0 Å². The minimum absolute atomic E-state index is 0.0176. The van der Waals surface area contributed by atoms with Gasteiger partial charge in [0.25, 0.3) is 0 Å². The molecule has 9 heteroatoms. The quantitative estimate of drug-likeness (QED) is 0.592. The number of halogens is 1. The van der Waals surface area contributed by atoms with Gasteiger partial charge in [0.15, 0.2) is 0 Å². The van der Waals surface area contributed by atoms with Gasteiger partial charge in [-0.05, 0) is 49.9 Å². The Bertz CT molecular complexity index is 955. The van der Waals surface area contributed by atoms with Crippen LogP contribution in [0.1, 0.15) is 39.0 Å². The molecule has 0 saturated carbocycles. The number of nitrogens with zero attached hydrogens (tertiary/aromatic N) is 4. The lowest BCUT2D eigenvalue weighted by Crippen LogP contribution is -2.60. The van der Waals surface area contributed by atoms with Crippen LogP contribution in [-0.2, 0) is 19.1 Å². The first-order valence-electron chi connectivity index (χ1n) is 12.8. The summed E-state index contributed by atoms with van der Waals surface area (Å²) in [5.74, 6) is -0.359. The molecular weight excluding hydrogens is 451 g/mol. The molecule has 2 amide bonds. The third-order valence-corrected chi connectivity index (χ3v) is 8.40. The lowest BCUT2D eigenvalue weighted by Gasteiger charge is -2.44. The second-order valence-corrected chi connectivity index (χ2v) is 10.4. The van der Waals surface area contributed by atoms with Gasteiger partial charge in [-0.1, -0.05) is 0 Å². The Kier molecular flexibility index (Phi) is 6.70. The van der Waals surface area contributed by atoms with E-state index in [9.17, 15) is 18.8 Å². The number of hydrogen-bond acceptors (Lipinski definition) is 6. The lowest BCUT2D eigenvalue weighted by molar-refractivity contribution is -0.156. The fourth-order valence-corrected chi connectivity index (χ4v) is 6.00. The van der Waals surface area contributed by atoms with E-state index in [0.29, 0.717) is 32.5 Å². The molecule has 4 aliphatic heterocycles. The van der Waals surface area contributed by atoms with Gasteiger partial charge in [-0.25, -0.2) is 4.39 Å². The molecule has 1 spiro atoms. The number of likely N-dealkylation sites (tertiary alicyclic amines) is 2. The zero-order valence-corrected chi connectivity index (χ0v) is 20.5. The van der Waals surface area contributed by atoms with Crippen molar-refractivity contribution in [2.24, 2.45) is 5.41 Å². The van der Waals surface area contributed by atoms with E-state index < -0.39 is 5.41 Å². The zero-order chi connectivity index (χ0) is 24.6. The van der Waals surface area contributed by atoms with Crippen LogP contribution in [0, 0.1) is 11.2 Å². The van der Waals surface area contributed by atoms with Gasteiger partial charge in [0, 0.05) is 71.4 Å². The molecule has 4 saturated heterocycles. The van der Waals surface area contributed by atoms with Crippen LogP contribution in [0.15, 0.2) is 24.3 Å². The highest BCUT2D eigenvalue weighted by Gasteiger charge is 2.51. The summed E-state index contributed by atoms with van der Waals surface area (Å²) in [4.78, 5) is 45.5. The average molecular weight is 487 g/mol. The summed E-state index contributed by atoms with van der Waals surface area (Å²) < 4.78 is 19.0. The third-order valence-electron chi connectivity index (χ3n) is 8.40. The van der Waals surface area contributed by atoms with E-state index >= 15 is 0 Å². The third kappa shape index (κ3) is 4.87. The van der Waals surface area contributed by atoms with E-state index in [4.69, 9.17) is 4.74 Å². The number of rotatable bonds is 5. The fourth-order valence-electron chi connectivity index (χ4n) is 6.00. The van der Waals surface area contributed by atoms with Crippen LogP contribution in [0.4, 0.5) is 10.1 Å². The van der Waals surface area contributed by atoms with Gasteiger partial charge in [-0.2, -0.15) is 0 Å². The molecule has 2 atom stereocenters. The Morgan fingerprint density at radius 1 is 1.03 bits per heavy atom. The predicted octanol–water partition coefficient (Wildman–Crippen LogP) is 1.88. The maximum absolute atomic E-state index is 13.2. The summed E-state index contributed by atoms with van der Waals surface area (Å²) in [5.41, 5.74) is 0.580. The smallest absolute Gasteiger partial charge is 0.312 e. The highest BCUT2D eigenvalue weighted by atomic mass is 19.1. The van der Waals surface area contributed by atoms with Crippen LogP contribution in [-0.4, -0.2) is 97.0 Å². The number of cyclic esters (lactones) is 1. The molecular formula is C26H35FN4O4. The number of esters is 1. The van der Waals surface area contributed by atoms with Crippen molar-refractivity contribution in [2.75, 3.05) is 57.3 Å². The number of amides is 2. The van der Waals surface area contributed by atoms with Gasteiger partial charge in [0.1, 0.15) is 18.0 Å². The highest BCUT2D eigenvalue weighted by molar-refractivity contribution is 5.89. The standard InChI is InChI=1S/C26H35FN4O4/c1-19(32)31-11-7-23(31)24(33)30-12-8-26(9-13-30)18-22(35-25(26)34)6-10-28-14-16-29(17-15-28)21-4-2-20(27)3-5-21/h2-5,22-23H,6-18H2,1H3/t22-,23?/m0/s1. The molecule has 0 aliphatic carbocycles. The second-order valence-electron chi connectivity index (χ2n) is 10.4. The number of carbonyl (C=O) groups is 3. The molecule has 0 aromatic heterocycles. The first-order valence-corrected chi connectivity index (χ1v) is 12.8. The van der Waals surface area contributed by atoms with E-state index in [1.807, 2.05) is 17.0 Å². The van der Waals surface area contributed by atoms with E-state index in [0.717, 1.165) is 57.7 Å². The van der Waals surface area contributed by atoms with Gasteiger partial charge < -0.3 is 19.4 Å². The number of piperidine rings is 1. The first-order chi connectivity index (χ1) is 16.8. The van der Waals surface area contributed by atoms with Crippen molar-refractivity contribution in [3.8, 4) is 0 Å². The molecule has 0 N–H and O–H groups in total. The van der Waals surface area contributed by atoms with Crippen molar-refractivity contribution < 1.29 is 23.5 Å². The molecule has 4 fully saturated rings. The number of anilines is 1. The number of ether oxygens (including phenoxy) is 1. The first kappa shape index (κ1) is 24.0. The van der Waals surface area contributed by atoms with Crippen LogP contribution < -0.4 is 4.90 Å². The maximum Gasteiger partial charge on any atom is 0.312 e. The Labute approximate surface area is 206 Å². The Morgan fingerprint density at radius 3 is 2.31 bits per heavy atom. The highest BCUT2D eigenvalue weighted by Crippen LogP contribution is 2.44. The molecule has 4 aliphatic rings. The van der Waals surface area contributed by atoms with Crippen LogP contribution in [0.5, 0.6) is 0 Å². The number of hydrogen-bond donors (Lipinski definition) is 0. The number of benzene rings is 1. The van der Waals surface area contributed by atoms with Crippen molar-refractivity contribution in [1.82, 2.24) is 14.7 Å². The van der Waals surface area contributed by atoms with Crippen molar-refractivity contribution in [1.29, 1.82) is 0 Å². The van der Waals surface area contributed by atoms with Gasteiger partial charge in [-0.3, -0.25) is 19.3 Å². The lowest BCUT2D eigenvalue weighted by atomic mass is 9.75. The summed E-state index contributed by atoms with van der Waals surface area (Å²) in [7, 11) is 0. The van der Waals surface area contributed by atoms with Crippen LogP contribution in [0.3, 0.4) is 0 Å². The fraction of sp³-hybridized carbons (Fsp3) is 0.654. The maximum atomic E-state index is 13.2. The molecule has 0 bridgehead atoms. The predicted molar refractivity (Wildman–Crippen MR) is 128 cm³/mol. The Hall–Kier alpha value is -2.68. The molecule has 8 nitrogen and oxygen atoms in total. The van der Waals surface area contributed by atoms with Crippen LogP contribution in [0.2, 0.25) is 0 Å². The monoisotopic (exact) mass is 486 g/mol. The Morgan fingerprint density at radius 2 is 1.71 bits per heavy atom. The van der Waals surface area contributed by atoms with Crippen molar-refractivity contribution >= 4 is 23.5 Å². The van der Waals surface area contributed by atoms with Gasteiger partial charge in [-0.15, -0.1) is 0 Å². The van der Waals surface area contributed by atoms with Crippen molar-refractivity contribution in [2.45, 2.75) is 51.2 Å². The van der Waals surface area contributed by atoms with E-state index in [1.165, 1.54) is 19.1 Å². The Balaban J connectivity index is 1.06. The molecule has 190 valence electrons. The van der Waals surface area contributed by atoms with E-state index in [1.54, 1.807) is 4.90 Å². The zero-order valence-electron chi connectivity index (χ0n) is 20.5. The minimum atomic E-state index is -0.470. The molecule has 1 unspecified atom stereocenters. The largest absolute Gasteiger partial charge is 0.462 e. The molecule has 5 rings (SSSR count). The van der Waals surface area contributed by atoms with Crippen LogP contribution >= 0.6 is 0 Å². The average Bonchev–Trinajstić information content (AvgIpc) is 3.12. The normalized spacial score (nSPS) is 26.6. The number of piperazine rings is 1. The molecule has 1 aromatic rings. The topological polar surface area (TPSA) is 73.4 Å². The molecule has 4 heterocycles.